The highest BCUT2D eigenvalue weighted by atomic mass is 16.3. The van der Waals surface area contributed by atoms with Crippen molar-refractivity contribution >= 4 is 79.2 Å². The summed E-state index contributed by atoms with van der Waals surface area (Å²) >= 11 is 0. The molecule has 290 valence electrons. The first-order valence-corrected chi connectivity index (χ1v) is 21.3. The molecule has 1 aliphatic carbocycles. The normalized spacial score (nSPS) is 16.0. The van der Waals surface area contributed by atoms with Gasteiger partial charge in [0.2, 0.25) is 0 Å². The Morgan fingerprint density at radius 2 is 1.19 bits per heavy atom. The van der Waals surface area contributed by atoms with Crippen molar-refractivity contribution in [1.29, 1.82) is 0 Å². The summed E-state index contributed by atoms with van der Waals surface area (Å²) < 4.78 is 6.87. The summed E-state index contributed by atoms with van der Waals surface area (Å²) in [6.45, 7) is 21.2. The van der Waals surface area contributed by atoms with Gasteiger partial charge in [-0.05, 0) is 134 Å². The van der Waals surface area contributed by atoms with Crippen LogP contribution in [0.25, 0.3) is 33.1 Å². The van der Waals surface area contributed by atoms with E-state index in [4.69, 9.17) is 4.42 Å². The molecule has 59 heavy (non-hydrogen) atoms. The lowest BCUT2D eigenvalue weighted by molar-refractivity contribution is 0.403. The van der Waals surface area contributed by atoms with Crippen LogP contribution in [-0.2, 0) is 16.2 Å². The topological polar surface area (TPSA) is 19.6 Å². The maximum Gasteiger partial charge on any atom is 0.252 e. The lowest BCUT2D eigenvalue weighted by atomic mass is 9.33. The minimum absolute atomic E-state index is 0.00982. The molecule has 0 bridgehead atoms. The molecule has 0 unspecified atom stereocenters. The third-order valence-electron chi connectivity index (χ3n) is 13.7. The minimum Gasteiger partial charge on any atom is -0.454 e. The van der Waals surface area contributed by atoms with E-state index in [-0.39, 0.29) is 23.0 Å². The fourth-order valence-electron chi connectivity index (χ4n) is 11.2. The second-order valence-electron chi connectivity index (χ2n) is 19.9. The molecule has 0 fully saturated rings. The summed E-state index contributed by atoms with van der Waals surface area (Å²) in [7, 11) is 0. The Bertz CT molecular complexity index is 3050. The second-order valence-corrected chi connectivity index (χ2v) is 19.9. The largest absolute Gasteiger partial charge is 0.454 e. The van der Waals surface area contributed by atoms with Crippen molar-refractivity contribution in [1.82, 2.24) is 0 Å². The summed E-state index contributed by atoms with van der Waals surface area (Å²) in [6, 6.07) is 50.4. The van der Waals surface area contributed by atoms with Crippen LogP contribution >= 0.6 is 0 Å². The zero-order valence-corrected chi connectivity index (χ0v) is 35.8. The molecule has 0 N–H and O–H groups in total. The van der Waals surface area contributed by atoms with Gasteiger partial charge in [-0.3, -0.25) is 0 Å². The van der Waals surface area contributed by atoms with E-state index < -0.39 is 0 Å². The number of furan rings is 1. The van der Waals surface area contributed by atoms with Gasteiger partial charge in [0.05, 0.1) is 5.69 Å². The molecule has 0 atom stereocenters. The van der Waals surface area contributed by atoms with E-state index in [2.05, 4.69) is 206 Å². The number of hydrogen-bond donors (Lipinski definition) is 0. The molecule has 4 heteroatoms. The van der Waals surface area contributed by atoms with Gasteiger partial charge in [0.25, 0.3) is 6.71 Å². The van der Waals surface area contributed by atoms with Crippen molar-refractivity contribution in [3.63, 3.8) is 0 Å². The van der Waals surface area contributed by atoms with Gasteiger partial charge >= 0.3 is 0 Å². The zero-order valence-electron chi connectivity index (χ0n) is 35.8. The predicted molar refractivity (Wildman–Crippen MR) is 252 cm³/mol. The quantitative estimate of drug-likeness (QED) is 0.167. The molecule has 7 aromatic carbocycles. The number of para-hydroxylation sites is 2. The Labute approximate surface area is 349 Å². The molecular formula is C55H51BN2O. The molecule has 1 aromatic heterocycles. The Morgan fingerprint density at radius 3 is 1.92 bits per heavy atom. The van der Waals surface area contributed by atoms with Crippen LogP contribution in [0.5, 0.6) is 0 Å². The van der Waals surface area contributed by atoms with E-state index in [0.717, 1.165) is 34.0 Å². The highest BCUT2D eigenvalue weighted by Crippen LogP contribution is 2.53. The van der Waals surface area contributed by atoms with Gasteiger partial charge in [0.15, 0.2) is 5.58 Å². The molecule has 0 amide bonds. The highest BCUT2D eigenvalue weighted by molar-refractivity contribution is 7.00. The monoisotopic (exact) mass is 766 g/mol. The van der Waals surface area contributed by atoms with Gasteiger partial charge in [-0.25, -0.2) is 0 Å². The van der Waals surface area contributed by atoms with E-state index >= 15 is 0 Å². The molecule has 0 saturated carbocycles. The Morgan fingerprint density at radius 1 is 0.542 bits per heavy atom. The zero-order chi connectivity index (χ0) is 40.7. The van der Waals surface area contributed by atoms with Crippen molar-refractivity contribution in [2.45, 2.75) is 85.0 Å². The number of fused-ring (bicyclic) bond motifs is 8. The number of aryl methyl sites for hydroxylation is 2. The molecular weight excluding hydrogens is 715 g/mol. The number of anilines is 6. The van der Waals surface area contributed by atoms with Crippen LogP contribution in [0.2, 0.25) is 0 Å². The van der Waals surface area contributed by atoms with E-state index in [0.29, 0.717) is 0 Å². The third-order valence-corrected chi connectivity index (χ3v) is 13.7. The first-order valence-electron chi connectivity index (χ1n) is 21.3. The van der Waals surface area contributed by atoms with Crippen LogP contribution in [0, 0.1) is 13.8 Å². The highest BCUT2D eigenvalue weighted by Gasteiger charge is 2.48. The van der Waals surface area contributed by atoms with Crippen LogP contribution in [0.1, 0.15) is 82.7 Å². The molecule has 0 saturated heterocycles. The van der Waals surface area contributed by atoms with Crippen molar-refractivity contribution in [2.75, 3.05) is 9.80 Å². The first kappa shape index (κ1) is 36.1. The molecule has 2 aliphatic heterocycles. The van der Waals surface area contributed by atoms with E-state index in [9.17, 15) is 0 Å². The minimum atomic E-state index is 0.00982. The third kappa shape index (κ3) is 5.28. The predicted octanol–water partition coefficient (Wildman–Crippen LogP) is 13.2. The van der Waals surface area contributed by atoms with Crippen molar-refractivity contribution in [3.05, 3.63) is 161 Å². The molecule has 8 aromatic rings. The number of benzene rings is 7. The molecule has 3 nitrogen and oxygen atoms in total. The molecule has 3 aliphatic rings. The van der Waals surface area contributed by atoms with Gasteiger partial charge in [-0.1, -0.05) is 139 Å². The van der Waals surface area contributed by atoms with Crippen LogP contribution in [-0.4, -0.2) is 6.71 Å². The smallest absolute Gasteiger partial charge is 0.252 e. The Hall–Kier alpha value is -6.00. The average Bonchev–Trinajstić information content (AvgIpc) is 3.67. The lowest BCUT2D eigenvalue weighted by Crippen LogP contribution is -2.61. The summed E-state index contributed by atoms with van der Waals surface area (Å²) in [5.74, 6) is 0. The maximum absolute atomic E-state index is 6.87. The van der Waals surface area contributed by atoms with Crippen LogP contribution in [0.3, 0.4) is 0 Å². The summed E-state index contributed by atoms with van der Waals surface area (Å²) in [5, 5.41) is 2.28. The SMILES string of the molecule is Cc1cc2c3c(c1)N(c1cccc4c1oc1ccccc14)c1cc4c(cc1B3c1cc(-c3ccccc3)ccc1N2c1ccc(C(C)(C)C)cc1C)C(C)(C)CC4(C)C. The lowest BCUT2D eigenvalue weighted by Gasteiger charge is -2.45. The fourth-order valence-corrected chi connectivity index (χ4v) is 11.2. The average molecular weight is 767 g/mol. The second kappa shape index (κ2) is 12.3. The van der Waals surface area contributed by atoms with Gasteiger partial charge < -0.3 is 14.2 Å². The molecule has 0 radical (unpaired) electrons. The fraction of sp³-hybridized carbons (Fsp3) is 0.236. The molecule has 0 spiro atoms. The van der Waals surface area contributed by atoms with Crippen molar-refractivity contribution in [3.8, 4) is 11.1 Å². The van der Waals surface area contributed by atoms with Crippen LogP contribution in [0.4, 0.5) is 34.1 Å². The van der Waals surface area contributed by atoms with E-state index in [1.807, 2.05) is 0 Å². The van der Waals surface area contributed by atoms with Gasteiger partial charge in [-0.15, -0.1) is 0 Å². The number of nitrogens with zero attached hydrogens (tertiary/aromatic N) is 2. The first-order chi connectivity index (χ1) is 28.2. The van der Waals surface area contributed by atoms with Crippen LogP contribution < -0.4 is 26.2 Å². The maximum atomic E-state index is 6.87. The van der Waals surface area contributed by atoms with E-state index in [1.165, 1.54) is 83.8 Å². The van der Waals surface area contributed by atoms with Gasteiger partial charge in [0, 0.05) is 39.2 Å². The van der Waals surface area contributed by atoms with E-state index in [1.54, 1.807) is 0 Å². The molecule has 3 heterocycles. The summed E-state index contributed by atoms with van der Waals surface area (Å²) in [6.07, 6.45) is 1.10. The standard InChI is InChI=1S/C55H51BN2O/c1-33-26-48-51-49(27-33)58(46-20-15-19-39-38-18-13-14-21-50(38)59-52(39)46)47-31-41-40(54(6,7)32-55(41,8)9)30-43(47)56(51)42-29-36(35-16-11-10-12-17-35)22-24-45(42)57(48)44-25-23-37(28-34(44)2)53(3,4)5/h10-31H,32H2,1-9H3. The number of rotatable bonds is 3. The Balaban J connectivity index is 1.27. The van der Waals surface area contributed by atoms with Crippen molar-refractivity contribution in [2.24, 2.45) is 0 Å². The Kier molecular flexibility index (Phi) is 7.51. The van der Waals surface area contributed by atoms with Crippen LogP contribution in [0.15, 0.2) is 138 Å². The number of hydrogen-bond acceptors (Lipinski definition) is 3. The van der Waals surface area contributed by atoms with Gasteiger partial charge in [-0.2, -0.15) is 0 Å². The van der Waals surface area contributed by atoms with Crippen molar-refractivity contribution < 1.29 is 4.42 Å². The summed E-state index contributed by atoms with van der Waals surface area (Å²) in [5.41, 5.74) is 22.4. The summed E-state index contributed by atoms with van der Waals surface area (Å²) in [4.78, 5) is 5.13. The van der Waals surface area contributed by atoms with Gasteiger partial charge in [0.1, 0.15) is 5.58 Å². The molecule has 11 rings (SSSR count).